The van der Waals surface area contributed by atoms with Crippen LogP contribution in [0.25, 0.3) is 11.4 Å². The van der Waals surface area contributed by atoms with Gasteiger partial charge in [0.25, 0.3) is 5.91 Å². The predicted molar refractivity (Wildman–Crippen MR) is 97.5 cm³/mol. The van der Waals surface area contributed by atoms with Gasteiger partial charge in [0.2, 0.25) is 0 Å². The predicted octanol–water partition coefficient (Wildman–Crippen LogP) is 3.84. The third kappa shape index (κ3) is 3.18. The molecule has 1 amide bonds. The third-order valence-corrected chi connectivity index (χ3v) is 4.54. The molecule has 0 aliphatic carbocycles. The molecule has 1 N–H and O–H groups in total. The number of rotatable bonds is 3. The lowest BCUT2D eigenvalue weighted by atomic mass is 10.1. The van der Waals surface area contributed by atoms with Crippen LogP contribution in [0.15, 0.2) is 48.5 Å². The highest BCUT2D eigenvalue weighted by Crippen LogP contribution is 2.24. The van der Waals surface area contributed by atoms with Crippen molar-refractivity contribution in [2.45, 2.75) is 32.7 Å². The fraction of sp³-hybridized carbons (Fsp3) is 0.250. The molecule has 0 unspecified atom stereocenters. The minimum atomic E-state index is -0.101. The molecule has 25 heavy (non-hydrogen) atoms. The van der Waals surface area contributed by atoms with Crippen LogP contribution in [0.3, 0.4) is 0 Å². The summed E-state index contributed by atoms with van der Waals surface area (Å²) in [6.07, 6.45) is 3.35. The van der Waals surface area contributed by atoms with Gasteiger partial charge in [0.05, 0.1) is 0 Å². The minimum absolute atomic E-state index is 0.101. The van der Waals surface area contributed by atoms with Gasteiger partial charge in [0, 0.05) is 29.8 Å². The molecule has 0 saturated carbocycles. The number of carbonyl (C=O) groups is 1. The molecule has 5 nitrogen and oxygen atoms in total. The topological polar surface area (TPSA) is 59.8 Å². The number of fused-ring (bicyclic) bond motifs is 1. The monoisotopic (exact) mass is 332 g/mol. The first-order valence-electron chi connectivity index (χ1n) is 8.61. The summed E-state index contributed by atoms with van der Waals surface area (Å²) in [6.45, 7) is 2.95. The summed E-state index contributed by atoms with van der Waals surface area (Å²) in [5.41, 5.74) is 3.53. The van der Waals surface area contributed by atoms with Gasteiger partial charge in [0.1, 0.15) is 5.82 Å². The van der Waals surface area contributed by atoms with E-state index in [4.69, 9.17) is 0 Å². The lowest BCUT2D eigenvalue weighted by Gasteiger charge is -2.14. The maximum atomic E-state index is 12.3. The first-order valence-corrected chi connectivity index (χ1v) is 8.61. The zero-order chi connectivity index (χ0) is 17.2. The van der Waals surface area contributed by atoms with E-state index in [0.717, 1.165) is 41.4 Å². The number of amides is 1. The Morgan fingerprint density at radius 2 is 1.92 bits per heavy atom. The normalized spacial score (nSPS) is 13.3. The van der Waals surface area contributed by atoms with Gasteiger partial charge in [-0.15, -0.1) is 10.2 Å². The highest BCUT2D eigenvalue weighted by molar-refractivity contribution is 6.04. The maximum Gasteiger partial charge on any atom is 0.255 e. The third-order valence-electron chi connectivity index (χ3n) is 4.54. The molecule has 0 atom stereocenters. The van der Waals surface area contributed by atoms with Gasteiger partial charge >= 0.3 is 0 Å². The Labute approximate surface area is 146 Å². The van der Waals surface area contributed by atoms with E-state index in [0.29, 0.717) is 5.56 Å². The van der Waals surface area contributed by atoms with Gasteiger partial charge in [-0.3, -0.25) is 4.79 Å². The van der Waals surface area contributed by atoms with Crippen molar-refractivity contribution in [2.75, 3.05) is 5.32 Å². The van der Waals surface area contributed by atoms with Gasteiger partial charge in [-0.1, -0.05) is 17.7 Å². The van der Waals surface area contributed by atoms with E-state index in [1.807, 2.05) is 55.5 Å². The highest BCUT2D eigenvalue weighted by Gasteiger charge is 2.16. The summed E-state index contributed by atoms with van der Waals surface area (Å²) < 4.78 is 2.20. The molecule has 0 spiro atoms. The van der Waals surface area contributed by atoms with Crippen molar-refractivity contribution >= 4 is 11.6 Å². The van der Waals surface area contributed by atoms with Crippen molar-refractivity contribution in [3.05, 3.63) is 65.5 Å². The fourth-order valence-corrected chi connectivity index (χ4v) is 3.21. The number of nitrogens with zero attached hydrogens (tertiary/aromatic N) is 3. The Kier molecular flexibility index (Phi) is 4.06. The highest BCUT2D eigenvalue weighted by atomic mass is 16.1. The number of benzene rings is 2. The van der Waals surface area contributed by atoms with Crippen LogP contribution in [-0.4, -0.2) is 20.7 Å². The summed E-state index contributed by atoms with van der Waals surface area (Å²) in [5, 5.41) is 11.6. The van der Waals surface area contributed by atoms with Crippen molar-refractivity contribution in [3.8, 4) is 11.4 Å². The van der Waals surface area contributed by atoms with Crippen LogP contribution in [0, 0.1) is 6.92 Å². The van der Waals surface area contributed by atoms with Gasteiger partial charge in [0.15, 0.2) is 5.82 Å². The van der Waals surface area contributed by atoms with Gasteiger partial charge in [-0.2, -0.15) is 0 Å². The Morgan fingerprint density at radius 1 is 1.08 bits per heavy atom. The van der Waals surface area contributed by atoms with Crippen molar-refractivity contribution < 1.29 is 4.79 Å². The lowest BCUT2D eigenvalue weighted by molar-refractivity contribution is 0.102. The first-order chi connectivity index (χ1) is 12.2. The van der Waals surface area contributed by atoms with Crippen LogP contribution in [0.2, 0.25) is 0 Å². The minimum Gasteiger partial charge on any atom is -0.322 e. The standard InChI is InChI=1S/C20H20N4O/c1-14-5-4-6-16(13-14)20(25)21-17-10-8-15(9-11-17)19-23-22-18-7-2-3-12-24(18)19/h4-6,8-11,13H,2-3,7,12H2,1H3,(H,21,25). The van der Waals surface area contributed by atoms with Crippen molar-refractivity contribution in [1.29, 1.82) is 0 Å². The number of aromatic nitrogens is 3. The number of anilines is 1. The van der Waals surface area contributed by atoms with Crippen LogP contribution in [0.4, 0.5) is 5.69 Å². The van der Waals surface area contributed by atoms with Crippen LogP contribution < -0.4 is 5.32 Å². The molecule has 4 rings (SSSR count). The Hall–Kier alpha value is -2.95. The Bertz CT molecular complexity index is 912. The lowest BCUT2D eigenvalue weighted by Crippen LogP contribution is -2.12. The zero-order valence-corrected chi connectivity index (χ0v) is 14.2. The maximum absolute atomic E-state index is 12.3. The van der Waals surface area contributed by atoms with Crippen molar-refractivity contribution in [1.82, 2.24) is 14.8 Å². The SMILES string of the molecule is Cc1cccc(C(=O)Nc2ccc(-c3nnc4n3CCCC4)cc2)c1. The van der Waals surface area contributed by atoms with E-state index in [2.05, 4.69) is 20.1 Å². The second-order valence-electron chi connectivity index (χ2n) is 6.45. The Balaban J connectivity index is 1.52. The largest absolute Gasteiger partial charge is 0.322 e. The summed E-state index contributed by atoms with van der Waals surface area (Å²) in [7, 11) is 0. The van der Waals surface area contributed by atoms with Gasteiger partial charge < -0.3 is 9.88 Å². The Morgan fingerprint density at radius 3 is 2.72 bits per heavy atom. The van der Waals surface area contributed by atoms with E-state index in [1.165, 1.54) is 12.8 Å². The fourth-order valence-electron chi connectivity index (χ4n) is 3.21. The number of hydrogen-bond acceptors (Lipinski definition) is 3. The van der Waals surface area contributed by atoms with Crippen LogP contribution in [-0.2, 0) is 13.0 Å². The number of aryl methyl sites for hydroxylation is 2. The molecule has 2 aromatic carbocycles. The zero-order valence-electron chi connectivity index (χ0n) is 14.2. The van der Waals surface area contributed by atoms with Crippen molar-refractivity contribution in [2.24, 2.45) is 0 Å². The molecule has 2 heterocycles. The van der Waals surface area contributed by atoms with E-state index in [1.54, 1.807) is 0 Å². The molecule has 0 bridgehead atoms. The molecule has 1 aliphatic rings. The summed E-state index contributed by atoms with van der Waals surface area (Å²) in [5.74, 6) is 1.88. The first kappa shape index (κ1) is 15.6. The summed E-state index contributed by atoms with van der Waals surface area (Å²) >= 11 is 0. The van der Waals surface area contributed by atoms with Crippen LogP contribution in [0.5, 0.6) is 0 Å². The molecular weight excluding hydrogens is 312 g/mol. The summed E-state index contributed by atoms with van der Waals surface area (Å²) in [6, 6.07) is 15.4. The molecule has 0 saturated heterocycles. The van der Waals surface area contributed by atoms with Gasteiger partial charge in [-0.25, -0.2) is 0 Å². The summed E-state index contributed by atoms with van der Waals surface area (Å²) in [4.78, 5) is 12.3. The average Bonchev–Trinajstić information content (AvgIpc) is 3.06. The molecule has 5 heteroatoms. The number of hydrogen-bond donors (Lipinski definition) is 1. The molecule has 1 aromatic heterocycles. The number of nitrogens with one attached hydrogen (secondary N) is 1. The molecule has 1 aliphatic heterocycles. The quantitative estimate of drug-likeness (QED) is 0.793. The van der Waals surface area contributed by atoms with Gasteiger partial charge in [-0.05, 0) is 56.2 Å². The van der Waals surface area contributed by atoms with E-state index in [9.17, 15) is 4.79 Å². The van der Waals surface area contributed by atoms with E-state index in [-0.39, 0.29) is 5.91 Å². The van der Waals surface area contributed by atoms with Crippen LogP contribution in [0.1, 0.15) is 34.6 Å². The molecule has 0 radical (unpaired) electrons. The van der Waals surface area contributed by atoms with E-state index < -0.39 is 0 Å². The average molecular weight is 332 g/mol. The second-order valence-corrected chi connectivity index (χ2v) is 6.45. The second kappa shape index (κ2) is 6.51. The van der Waals surface area contributed by atoms with Crippen LogP contribution >= 0.6 is 0 Å². The smallest absolute Gasteiger partial charge is 0.255 e. The molecule has 0 fully saturated rings. The number of carbonyl (C=O) groups excluding carboxylic acids is 1. The molecular formula is C20H20N4O. The molecule has 3 aromatic rings. The van der Waals surface area contributed by atoms with E-state index >= 15 is 0 Å². The molecule has 126 valence electrons. The van der Waals surface area contributed by atoms with Crippen molar-refractivity contribution in [3.63, 3.8) is 0 Å².